The highest BCUT2D eigenvalue weighted by Crippen LogP contribution is 2.18. The van der Waals surface area contributed by atoms with E-state index in [2.05, 4.69) is 11.9 Å². The molecule has 0 spiro atoms. The highest BCUT2D eigenvalue weighted by atomic mass is 16.5. The molecule has 1 aromatic rings. The van der Waals surface area contributed by atoms with E-state index in [4.69, 9.17) is 9.47 Å². The first kappa shape index (κ1) is 19.5. The Morgan fingerprint density at radius 3 is 2.65 bits per heavy atom. The van der Waals surface area contributed by atoms with E-state index in [9.17, 15) is 14.4 Å². The fraction of sp³-hybridized carbons (Fsp3) is 0.421. The first-order valence-electron chi connectivity index (χ1n) is 8.54. The van der Waals surface area contributed by atoms with Gasteiger partial charge in [0, 0.05) is 18.7 Å². The van der Waals surface area contributed by atoms with E-state index < -0.39 is 12.0 Å². The van der Waals surface area contributed by atoms with Crippen molar-refractivity contribution in [2.24, 2.45) is 0 Å². The van der Waals surface area contributed by atoms with Crippen LogP contribution in [0.3, 0.4) is 0 Å². The number of piperazine rings is 1. The van der Waals surface area contributed by atoms with Crippen LogP contribution in [0.25, 0.3) is 0 Å². The summed E-state index contributed by atoms with van der Waals surface area (Å²) in [5, 5.41) is 2.69. The summed E-state index contributed by atoms with van der Waals surface area (Å²) in [5.74, 6) is -0.545. The Morgan fingerprint density at radius 1 is 1.35 bits per heavy atom. The molecule has 1 atom stereocenters. The minimum Gasteiger partial charge on any atom is -0.490 e. The van der Waals surface area contributed by atoms with Crippen LogP contribution in [0.5, 0.6) is 5.75 Å². The number of hydrogen-bond donors (Lipinski definition) is 1. The summed E-state index contributed by atoms with van der Waals surface area (Å²) in [7, 11) is 0. The van der Waals surface area contributed by atoms with Crippen molar-refractivity contribution in [3.63, 3.8) is 0 Å². The summed E-state index contributed by atoms with van der Waals surface area (Å²) in [6, 6.07) is 5.76. The van der Waals surface area contributed by atoms with Crippen LogP contribution in [0.2, 0.25) is 0 Å². The second kappa shape index (κ2) is 9.03. The van der Waals surface area contributed by atoms with Gasteiger partial charge in [0.25, 0.3) is 5.91 Å². The van der Waals surface area contributed by atoms with Crippen molar-refractivity contribution in [3.8, 4) is 5.75 Å². The Morgan fingerprint density at radius 2 is 2.04 bits per heavy atom. The van der Waals surface area contributed by atoms with E-state index in [1.807, 2.05) is 0 Å². The smallest absolute Gasteiger partial charge is 0.308 e. The molecule has 2 amide bonds. The average molecular weight is 360 g/mol. The zero-order valence-corrected chi connectivity index (χ0v) is 15.1. The highest BCUT2D eigenvalue weighted by Gasteiger charge is 2.35. The molecule has 1 fully saturated rings. The van der Waals surface area contributed by atoms with Crippen LogP contribution in [0.15, 0.2) is 36.9 Å². The average Bonchev–Trinajstić information content (AvgIpc) is 2.61. The predicted octanol–water partition coefficient (Wildman–Crippen LogP) is 1.53. The SMILES string of the molecule is C=CCOc1ccc(C(=O)N2CCNC(=O)C2CC(=O)OC(C)C)cc1. The summed E-state index contributed by atoms with van der Waals surface area (Å²) >= 11 is 0. The van der Waals surface area contributed by atoms with Crippen LogP contribution < -0.4 is 10.1 Å². The number of esters is 1. The van der Waals surface area contributed by atoms with Crippen molar-refractivity contribution in [1.29, 1.82) is 0 Å². The molecule has 1 N–H and O–H groups in total. The molecule has 1 aliphatic rings. The van der Waals surface area contributed by atoms with E-state index >= 15 is 0 Å². The lowest BCUT2D eigenvalue weighted by Crippen LogP contribution is -2.57. The van der Waals surface area contributed by atoms with Crippen molar-refractivity contribution in [2.75, 3.05) is 19.7 Å². The molecule has 0 aliphatic carbocycles. The standard InChI is InChI=1S/C19H24N2O5/c1-4-11-25-15-7-5-14(6-8-15)19(24)21-10-9-20-18(23)16(21)12-17(22)26-13(2)3/h4-8,13,16H,1,9-12H2,2-3H3,(H,20,23). The number of amides is 2. The number of carbonyl (C=O) groups excluding carboxylic acids is 3. The number of hydrogen-bond acceptors (Lipinski definition) is 5. The number of nitrogens with one attached hydrogen (secondary N) is 1. The van der Waals surface area contributed by atoms with E-state index in [0.29, 0.717) is 31.0 Å². The van der Waals surface area contributed by atoms with Gasteiger partial charge >= 0.3 is 5.97 Å². The molecule has 26 heavy (non-hydrogen) atoms. The quantitative estimate of drug-likeness (QED) is 0.589. The zero-order chi connectivity index (χ0) is 19.1. The Bertz CT molecular complexity index is 669. The second-order valence-corrected chi connectivity index (χ2v) is 6.17. The van der Waals surface area contributed by atoms with Gasteiger partial charge in [0.15, 0.2) is 0 Å². The maximum Gasteiger partial charge on any atom is 0.308 e. The Hall–Kier alpha value is -2.83. The van der Waals surface area contributed by atoms with Gasteiger partial charge in [0.05, 0.1) is 12.5 Å². The molecule has 1 unspecified atom stereocenters. The van der Waals surface area contributed by atoms with E-state index in [1.165, 1.54) is 4.90 Å². The maximum atomic E-state index is 12.8. The molecule has 0 bridgehead atoms. The summed E-state index contributed by atoms with van der Waals surface area (Å²) < 4.78 is 10.5. The van der Waals surface area contributed by atoms with Crippen LogP contribution in [-0.4, -0.2) is 54.5 Å². The molecule has 0 saturated carbocycles. The van der Waals surface area contributed by atoms with Gasteiger partial charge in [-0.15, -0.1) is 0 Å². The van der Waals surface area contributed by atoms with Crippen LogP contribution in [0, 0.1) is 0 Å². The number of nitrogens with zero attached hydrogens (tertiary/aromatic N) is 1. The van der Waals surface area contributed by atoms with Gasteiger partial charge in [-0.25, -0.2) is 0 Å². The molecular formula is C19H24N2O5. The third kappa shape index (κ3) is 5.08. The Labute approximate surface area is 153 Å². The Kier molecular flexibility index (Phi) is 6.77. The lowest BCUT2D eigenvalue weighted by molar-refractivity contribution is -0.151. The molecule has 140 valence electrons. The minimum atomic E-state index is -0.876. The third-order valence-corrected chi connectivity index (χ3v) is 3.79. The van der Waals surface area contributed by atoms with Gasteiger partial charge in [0.2, 0.25) is 5.91 Å². The van der Waals surface area contributed by atoms with Crippen LogP contribution in [-0.2, 0) is 14.3 Å². The van der Waals surface area contributed by atoms with Crippen molar-refractivity contribution in [3.05, 3.63) is 42.5 Å². The monoisotopic (exact) mass is 360 g/mol. The number of benzene rings is 1. The maximum absolute atomic E-state index is 12.8. The lowest BCUT2D eigenvalue weighted by atomic mass is 10.1. The highest BCUT2D eigenvalue weighted by molar-refractivity contribution is 5.99. The molecule has 1 aliphatic heterocycles. The molecule has 1 aromatic carbocycles. The van der Waals surface area contributed by atoms with Crippen LogP contribution in [0.4, 0.5) is 0 Å². The molecular weight excluding hydrogens is 336 g/mol. The normalized spacial score (nSPS) is 16.8. The minimum absolute atomic E-state index is 0.170. The van der Waals surface area contributed by atoms with Crippen molar-refractivity contribution in [2.45, 2.75) is 32.4 Å². The molecule has 7 nitrogen and oxygen atoms in total. The van der Waals surface area contributed by atoms with Crippen molar-refractivity contribution >= 4 is 17.8 Å². The largest absolute Gasteiger partial charge is 0.490 e. The van der Waals surface area contributed by atoms with Gasteiger partial charge < -0.3 is 19.7 Å². The molecule has 1 saturated heterocycles. The third-order valence-electron chi connectivity index (χ3n) is 3.79. The molecule has 7 heteroatoms. The summed E-state index contributed by atoms with van der Waals surface area (Å²) in [6.07, 6.45) is 1.18. The first-order valence-corrected chi connectivity index (χ1v) is 8.54. The van der Waals surface area contributed by atoms with E-state index in [1.54, 1.807) is 44.2 Å². The fourth-order valence-corrected chi connectivity index (χ4v) is 2.64. The number of carbonyl (C=O) groups is 3. The molecule has 0 radical (unpaired) electrons. The summed E-state index contributed by atoms with van der Waals surface area (Å²) in [6.45, 7) is 8.10. The summed E-state index contributed by atoms with van der Waals surface area (Å²) in [5.41, 5.74) is 0.424. The lowest BCUT2D eigenvalue weighted by Gasteiger charge is -2.34. The molecule has 1 heterocycles. The fourth-order valence-electron chi connectivity index (χ4n) is 2.64. The topological polar surface area (TPSA) is 84.9 Å². The summed E-state index contributed by atoms with van der Waals surface area (Å²) in [4.78, 5) is 38.4. The van der Waals surface area contributed by atoms with E-state index in [0.717, 1.165) is 0 Å². The number of rotatable bonds is 7. The van der Waals surface area contributed by atoms with Gasteiger partial charge in [-0.05, 0) is 38.1 Å². The van der Waals surface area contributed by atoms with Crippen LogP contribution in [0.1, 0.15) is 30.6 Å². The van der Waals surface area contributed by atoms with Gasteiger partial charge in [-0.3, -0.25) is 14.4 Å². The van der Waals surface area contributed by atoms with Crippen LogP contribution >= 0.6 is 0 Å². The Balaban J connectivity index is 2.11. The van der Waals surface area contributed by atoms with Gasteiger partial charge in [0.1, 0.15) is 18.4 Å². The first-order chi connectivity index (χ1) is 12.4. The molecule has 0 aromatic heterocycles. The van der Waals surface area contributed by atoms with E-state index in [-0.39, 0.29) is 24.3 Å². The van der Waals surface area contributed by atoms with Crippen molar-refractivity contribution in [1.82, 2.24) is 10.2 Å². The molecule has 2 rings (SSSR count). The van der Waals surface area contributed by atoms with Gasteiger partial charge in [-0.1, -0.05) is 12.7 Å². The predicted molar refractivity (Wildman–Crippen MR) is 95.8 cm³/mol. The second-order valence-electron chi connectivity index (χ2n) is 6.17. The number of ether oxygens (including phenoxy) is 2. The zero-order valence-electron chi connectivity index (χ0n) is 15.1. The van der Waals surface area contributed by atoms with Crippen molar-refractivity contribution < 1.29 is 23.9 Å². The van der Waals surface area contributed by atoms with Gasteiger partial charge in [-0.2, -0.15) is 0 Å².